The van der Waals surface area contributed by atoms with Crippen molar-refractivity contribution in [3.8, 4) is 12.3 Å². The van der Waals surface area contributed by atoms with Gasteiger partial charge in [-0.05, 0) is 12.0 Å². The van der Waals surface area contributed by atoms with Crippen LogP contribution in [0.3, 0.4) is 0 Å². The lowest BCUT2D eigenvalue weighted by Gasteiger charge is -2.12. The predicted molar refractivity (Wildman–Crippen MR) is 63.3 cm³/mol. The first-order chi connectivity index (χ1) is 7.36. The minimum atomic E-state index is 0.0567. The lowest BCUT2D eigenvalue weighted by molar-refractivity contribution is 0.0677. The van der Waals surface area contributed by atoms with Gasteiger partial charge in [0.05, 0.1) is 12.7 Å². The van der Waals surface area contributed by atoms with E-state index in [1.54, 1.807) is 6.08 Å². The molecule has 0 radical (unpaired) electrons. The largest absolute Gasteiger partial charge is 0.369 e. The summed E-state index contributed by atoms with van der Waals surface area (Å²) in [4.78, 5) is 0. The number of ether oxygens (including phenoxy) is 1. The van der Waals surface area contributed by atoms with E-state index in [1.165, 1.54) is 5.56 Å². The van der Waals surface area contributed by atoms with Crippen LogP contribution in [0.1, 0.15) is 18.4 Å². The summed E-state index contributed by atoms with van der Waals surface area (Å²) < 4.78 is 5.67. The summed E-state index contributed by atoms with van der Waals surface area (Å²) in [5.74, 6) is 2.60. The minimum absolute atomic E-state index is 0.0567. The molecule has 1 atom stereocenters. The molecular formula is C14H16O. The Morgan fingerprint density at radius 1 is 1.40 bits per heavy atom. The predicted octanol–water partition coefficient (Wildman–Crippen LogP) is 3.17. The third-order valence-electron chi connectivity index (χ3n) is 2.14. The van der Waals surface area contributed by atoms with Crippen LogP contribution in [-0.2, 0) is 11.3 Å². The van der Waals surface area contributed by atoms with Gasteiger partial charge in [-0.1, -0.05) is 36.4 Å². The Balaban J connectivity index is 2.35. The fraction of sp³-hybridized carbons (Fsp3) is 0.286. The van der Waals surface area contributed by atoms with E-state index in [-0.39, 0.29) is 6.10 Å². The molecule has 1 nitrogen and oxygen atoms in total. The highest BCUT2D eigenvalue weighted by Gasteiger charge is 2.03. The summed E-state index contributed by atoms with van der Waals surface area (Å²) >= 11 is 0. The van der Waals surface area contributed by atoms with Crippen molar-refractivity contribution >= 4 is 0 Å². The van der Waals surface area contributed by atoms with Gasteiger partial charge in [0.1, 0.15) is 0 Å². The van der Waals surface area contributed by atoms with Crippen molar-refractivity contribution in [2.24, 2.45) is 0 Å². The van der Waals surface area contributed by atoms with Gasteiger partial charge >= 0.3 is 0 Å². The number of hydrogen-bond donors (Lipinski definition) is 0. The minimum Gasteiger partial charge on any atom is -0.369 e. The van der Waals surface area contributed by atoms with Gasteiger partial charge in [0, 0.05) is 6.42 Å². The highest BCUT2D eigenvalue weighted by molar-refractivity contribution is 5.13. The molecule has 78 valence electrons. The van der Waals surface area contributed by atoms with Crippen LogP contribution in [0.15, 0.2) is 43.0 Å². The Morgan fingerprint density at radius 3 is 2.73 bits per heavy atom. The second kappa shape index (κ2) is 6.86. The Bertz CT molecular complexity index is 321. The molecule has 0 N–H and O–H groups in total. The quantitative estimate of drug-likeness (QED) is 0.506. The molecule has 0 aromatic heterocycles. The second-order valence-electron chi connectivity index (χ2n) is 3.31. The van der Waals surface area contributed by atoms with E-state index < -0.39 is 0 Å². The first-order valence-electron chi connectivity index (χ1n) is 5.08. The summed E-state index contributed by atoms with van der Waals surface area (Å²) in [6.45, 7) is 4.35. The lowest BCUT2D eigenvalue weighted by atomic mass is 10.2. The van der Waals surface area contributed by atoms with Gasteiger partial charge in [-0.3, -0.25) is 0 Å². The lowest BCUT2D eigenvalue weighted by Crippen LogP contribution is -2.08. The van der Waals surface area contributed by atoms with Crippen LogP contribution in [0.25, 0.3) is 0 Å². The molecule has 0 aliphatic rings. The molecule has 0 saturated heterocycles. The molecule has 1 aromatic carbocycles. The third kappa shape index (κ3) is 4.49. The summed E-state index contributed by atoms with van der Waals surface area (Å²) in [6, 6.07) is 10.1. The van der Waals surface area contributed by atoms with Crippen LogP contribution in [0.4, 0.5) is 0 Å². The van der Waals surface area contributed by atoms with E-state index in [0.29, 0.717) is 6.61 Å². The van der Waals surface area contributed by atoms with Gasteiger partial charge in [0.15, 0.2) is 0 Å². The fourth-order valence-electron chi connectivity index (χ4n) is 1.27. The second-order valence-corrected chi connectivity index (χ2v) is 3.31. The van der Waals surface area contributed by atoms with Crippen molar-refractivity contribution in [1.29, 1.82) is 0 Å². The summed E-state index contributed by atoms with van der Waals surface area (Å²) in [5, 5.41) is 0. The number of benzene rings is 1. The molecule has 1 heteroatoms. The monoisotopic (exact) mass is 200 g/mol. The zero-order valence-corrected chi connectivity index (χ0v) is 8.86. The average Bonchev–Trinajstić information content (AvgIpc) is 2.31. The molecule has 0 bridgehead atoms. The van der Waals surface area contributed by atoms with Gasteiger partial charge < -0.3 is 4.74 Å². The highest BCUT2D eigenvalue weighted by Crippen LogP contribution is 2.08. The van der Waals surface area contributed by atoms with Crippen LogP contribution in [-0.4, -0.2) is 6.10 Å². The van der Waals surface area contributed by atoms with Crippen molar-refractivity contribution in [1.82, 2.24) is 0 Å². The van der Waals surface area contributed by atoms with Gasteiger partial charge in [-0.25, -0.2) is 0 Å². The summed E-state index contributed by atoms with van der Waals surface area (Å²) in [7, 11) is 0. The molecule has 0 fully saturated rings. The van der Waals surface area contributed by atoms with E-state index >= 15 is 0 Å². The van der Waals surface area contributed by atoms with Crippen molar-refractivity contribution < 1.29 is 4.74 Å². The zero-order chi connectivity index (χ0) is 10.9. The molecular weight excluding hydrogens is 184 g/mol. The van der Waals surface area contributed by atoms with Crippen LogP contribution in [0.5, 0.6) is 0 Å². The maximum atomic E-state index is 5.67. The smallest absolute Gasteiger partial charge is 0.0766 e. The highest BCUT2D eigenvalue weighted by atomic mass is 16.5. The SMILES string of the molecule is C#CCCC(C=C)OCc1ccccc1. The summed E-state index contributed by atoms with van der Waals surface area (Å²) in [6.07, 6.45) is 8.63. The van der Waals surface area contributed by atoms with E-state index in [0.717, 1.165) is 12.8 Å². The normalized spacial score (nSPS) is 11.7. The Hall–Kier alpha value is -1.52. The number of rotatable bonds is 6. The van der Waals surface area contributed by atoms with E-state index in [1.807, 2.05) is 30.3 Å². The van der Waals surface area contributed by atoms with Crippen LogP contribution in [0, 0.1) is 12.3 Å². The third-order valence-corrected chi connectivity index (χ3v) is 2.14. The maximum absolute atomic E-state index is 5.67. The van der Waals surface area contributed by atoms with E-state index in [4.69, 9.17) is 11.2 Å². The molecule has 0 aliphatic heterocycles. The van der Waals surface area contributed by atoms with Gasteiger partial charge in [-0.15, -0.1) is 18.9 Å². The van der Waals surface area contributed by atoms with Crippen molar-refractivity contribution in [2.75, 3.05) is 0 Å². The van der Waals surface area contributed by atoms with Crippen LogP contribution >= 0.6 is 0 Å². The molecule has 0 heterocycles. The van der Waals surface area contributed by atoms with E-state index in [2.05, 4.69) is 12.5 Å². The first-order valence-corrected chi connectivity index (χ1v) is 5.08. The molecule has 1 aromatic rings. The van der Waals surface area contributed by atoms with Crippen molar-refractivity contribution in [3.63, 3.8) is 0 Å². The van der Waals surface area contributed by atoms with Crippen LogP contribution in [0.2, 0.25) is 0 Å². The molecule has 1 rings (SSSR count). The Kier molecular flexibility index (Phi) is 5.29. The van der Waals surface area contributed by atoms with Gasteiger partial charge in [0.25, 0.3) is 0 Å². The topological polar surface area (TPSA) is 9.23 Å². The summed E-state index contributed by atoms with van der Waals surface area (Å²) in [5.41, 5.74) is 1.17. The molecule has 0 amide bonds. The molecule has 0 saturated carbocycles. The van der Waals surface area contributed by atoms with Crippen LogP contribution < -0.4 is 0 Å². The molecule has 15 heavy (non-hydrogen) atoms. The Morgan fingerprint density at radius 2 is 2.13 bits per heavy atom. The van der Waals surface area contributed by atoms with Gasteiger partial charge in [-0.2, -0.15) is 0 Å². The maximum Gasteiger partial charge on any atom is 0.0766 e. The van der Waals surface area contributed by atoms with Crippen molar-refractivity contribution in [3.05, 3.63) is 48.6 Å². The standard InChI is InChI=1S/C14H16O/c1-3-5-11-14(4-2)15-12-13-9-7-6-8-10-13/h1,4,6-10,14H,2,5,11-12H2. The number of hydrogen-bond acceptors (Lipinski definition) is 1. The fourth-order valence-corrected chi connectivity index (χ4v) is 1.27. The first kappa shape index (κ1) is 11.6. The molecule has 1 unspecified atom stereocenters. The average molecular weight is 200 g/mol. The van der Waals surface area contributed by atoms with Gasteiger partial charge in [0.2, 0.25) is 0 Å². The number of terminal acetylenes is 1. The molecule has 0 spiro atoms. The molecule has 0 aliphatic carbocycles. The Labute approximate surface area is 91.8 Å². The van der Waals surface area contributed by atoms with Crippen molar-refractivity contribution in [2.45, 2.75) is 25.6 Å². The zero-order valence-electron chi connectivity index (χ0n) is 8.86. The van der Waals surface area contributed by atoms with E-state index in [9.17, 15) is 0 Å².